The number of amides is 1. The number of benzene rings is 1. The maximum absolute atomic E-state index is 12.2. The summed E-state index contributed by atoms with van der Waals surface area (Å²) in [5.74, 6) is 0.495. The van der Waals surface area contributed by atoms with Gasteiger partial charge in [-0.2, -0.15) is 0 Å². The van der Waals surface area contributed by atoms with Crippen molar-refractivity contribution >= 4 is 28.3 Å². The van der Waals surface area contributed by atoms with Gasteiger partial charge in [-0.3, -0.25) is 4.79 Å². The lowest BCUT2D eigenvalue weighted by Crippen LogP contribution is -2.43. The Morgan fingerprint density at radius 2 is 1.88 bits per heavy atom. The molecule has 0 spiro atoms. The van der Waals surface area contributed by atoms with Crippen molar-refractivity contribution in [3.8, 4) is 5.75 Å². The molecule has 0 aliphatic carbocycles. The minimum absolute atomic E-state index is 0. The first kappa shape index (κ1) is 21.7. The van der Waals surface area contributed by atoms with Crippen molar-refractivity contribution < 1.29 is 17.9 Å². The molecule has 1 saturated heterocycles. The van der Waals surface area contributed by atoms with E-state index in [-0.39, 0.29) is 42.2 Å². The van der Waals surface area contributed by atoms with Gasteiger partial charge in [0, 0.05) is 19.0 Å². The molecule has 0 saturated carbocycles. The summed E-state index contributed by atoms with van der Waals surface area (Å²) in [6.07, 6.45) is 1.94. The summed E-state index contributed by atoms with van der Waals surface area (Å²) < 4.78 is 32.1. The van der Waals surface area contributed by atoms with Crippen LogP contribution in [0.2, 0.25) is 0 Å². The smallest absolute Gasteiger partial charge is 0.240 e. The van der Waals surface area contributed by atoms with E-state index in [4.69, 9.17) is 4.74 Å². The highest BCUT2D eigenvalue weighted by atomic mass is 35.5. The molecule has 1 fully saturated rings. The predicted octanol–water partition coefficient (Wildman–Crippen LogP) is 1.04. The number of nitrogens with one attached hydrogen (secondary N) is 3. The highest BCUT2D eigenvalue weighted by Crippen LogP contribution is 2.15. The van der Waals surface area contributed by atoms with Gasteiger partial charge in [0.15, 0.2) is 0 Å². The normalized spacial score (nSPS) is 15.2. The molecule has 2 rings (SSSR count). The first-order valence-electron chi connectivity index (χ1n) is 8.24. The zero-order valence-electron chi connectivity index (χ0n) is 14.3. The first-order valence-corrected chi connectivity index (χ1v) is 9.72. The van der Waals surface area contributed by atoms with E-state index < -0.39 is 10.0 Å². The molecule has 1 aromatic carbocycles. The third kappa shape index (κ3) is 7.19. The summed E-state index contributed by atoms with van der Waals surface area (Å²) in [6, 6.07) is 6.38. The van der Waals surface area contributed by atoms with Crippen molar-refractivity contribution in [3.05, 3.63) is 24.3 Å². The molecule has 1 aliphatic heterocycles. The second-order valence-corrected chi connectivity index (χ2v) is 7.41. The number of hydrogen-bond acceptors (Lipinski definition) is 5. The summed E-state index contributed by atoms with van der Waals surface area (Å²) >= 11 is 0. The lowest BCUT2D eigenvalue weighted by atomic mass is 10.1. The summed E-state index contributed by atoms with van der Waals surface area (Å²) in [4.78, 5) is 12.0. The minimum Gasteiger partial charge on any atom is -0.494 e. The molecule has 1 amide bonds. The molecular formula is C16H26ClN3O4S. The average molecular weight is 392 g/mol. The molecule has 1 heterocycles. The van der Waals surface area contributed by atoms with Crippen LogP contribution in [0.1, 0.15) is 26.2 Å². The van der Waals surface area contributed by atoms with E-state index in [2.05, 4.69) is 15.4 Å². The van der Waals surface area contributed by atoms with E-state index in [0.717, 1.165) is 25.9 Å². The largest absolute Gasteiger partial charge is 0.494 e. The molecule has 0 atom stereocenters. The highest BCUT2D eigenvalue weighted by Gasteiger charge is 2.17. The van der Waals surface area contributed by atoms with Crippen molar-refractivity contribution in [2.75, 3.05) is 26.2 Å². The van der Waals surface area contributed by atoms with E-state index in [1.54, 1.807) is 12.1 Å². The van der Waals surface area contributed by atoms with Crippen LogP contribution >= 0.6 is 12.4 Å². The fourth-order valence-corrected chi connectivity index (χ4v) is 3.56. The molecule has 1 aliphatic rings. The molecular weight excluding hydrogens is 366 g/mol. The van der Waals surface area contributed by atoms with Crippen molar-refractivity contribution in [2.24, 2.45) is 0 Å². The molecule has 1 aromatic rings. The Morgan fingerprint density at radius 1 is 1.24 bits per heavy atom. The summed E-state index contributed by atoms with van der Waals surface area (Å²) in [6.45, 7) is 4.26. The van der Waals surface area contributed by atoms with Gasteiger partial charge in [0.05, 0.1) is 11.5 Å². The SMILES string of the molecule is CCOc1ccc(S(=O)(=O)NCCC(=O)NC2CCNCC2)cc1.Cl. The van der Waals surface area contributed by atoms with Crippen LogP contribution in [0.5, 0.6) is 5.75 Å². The Hall–Kier alpha value is -1.35. The van der Waals surface area contributed by atoms with Crippen LogP contribution in [0.15, 0.2) is 29.2 Å². The summed E-state index contributed by atoms with van der Waals surface area (Å²) in [5, 5.41) is 6.17. The van der Waals surface area contributed by atoms with Crippen LogP contribution in [-0.4, -0.2) is 46.6 Å². The van der Waals surface area contributed by atoms with Gasteiger partial charge in [-0.05, 0) is 57.1 Å². The molecule has 0 unspecified atom stereocenters. The topological polar surface area (TPSA) is 96.5 Å². The van der Waals surface area contributed by atoms with Gasteiger partial charge in [-0.25, -0.2) is 13.1 Å². The second kappa shape index (κ2) is 10.6. The third-order valence-electron chi connectivity index (χ3n) is 3.79. The molecule has 0 radical (unpaired) electrons. The Morgan fingerprint density at radius 3 is 2.48 bits per heavy atom. The second-order valence-electron chi connectivity index (χ2n) is 5.64. The molecule has 9 heteroatoms. The first-order chi connectivity index (χ1) is 11.5. The average Bonchev–Trinajstić information content (AvgIpc) is 2.56. The van der Waals surface area contributed by atoms with E-state index >= 15 is 0 Å². The van der Waals surface area contributed by atoms with Crippen molar-refractivity contribution in [2.45, 2.75) is 37.1 Å². The summed E-state index contributed by atoms with van der Waals surface area (Å²) in [7, 11) is -3.62. The fourth-order valence-electron chi connectivity index (χ4n) is 2.53. The quantitative estimate of drug-likeness (QED) is 0.615. The predicted molar refractivity (Wildman–Crippen MR) is 98.7 cm³/mol. The highest BCUT2D eigenvalue weighted by molar-refractivity contribution is 7.89. The van der Waals surface area contributed by atoms with Gasteiger partial charge in [-0.1, -0.05) is 0 Å². The Balaban J connectivity index is 0.00000312. The van der Waals surface area contributed by atoms with Crippen LogP contribution in [0.4, 0.5) is 0 Å². The van der Waals surface area contributed by atoms with E-state index in [1.807, 2.05) is 6.92 Å². The van der Waals surface area contributed by atoms with Gasteiger partial charge >= 0.3 is 0 Å². The number of sulfonamides is 1. The van der Waals surface area contributed by atoms with Crippen LogP contribution in [0.25, 0.3) is 0 Å². The van der Waals surface area contributed by atoms with E-state index in [9.17, 15) is 13.2 Å². The van der Waals surface area contributed by atoms with E-state index in [1.165, 1.54) is 12.1 Å². The molecule has 7 nitrogen and oxygen atoms in total. The molecule has 3 N–H and O–H groups in total. The Labute approximate surface area is 155 Å². The zero-order valence-corrected chi connectivity index (χ0v) is 15.9. The van der Waals surface area contributed by atoms with Gasteiger partial charge in [0.1, 0.15) is 5.75 Å². The van der Waals surface area contributed by atoms with Gasteiger partial charge in [-0.15, -0.1) is 12.4 Å². The zero-order chi connectivity index (χ0) is 17.4. The number of carbonyl (C=O) groups is 1. The van der Waals surface area contributed by atoms with Crippen LogP contribution in [0.3, 0.4) is 0 Å². The van der Waals surface area contributed by atoms with Crippen molar-refractivity contribution in [1.29, 1.82) is 0 Å². The Kier molecular flexibility index (Phi) is 9.20. The Bertz CT molecular complexity index is 631. The molecule has 0 aromatic heterocycles. The molecule has 0 bridgehead atoms. The number of rotatable bonds is 8. The van der Waals surface area contributed by atoms with Crippen molar-refractivity contribution in [1.82, 2.24) is 15.4 Å². The van der Waals surface area contributed by atoms with Crippen molar-refractivity contribution in [3.63, 3.8) is 0 Å². The monoisotopic (exact) mass is 391 g/mol. The number of piperidine rings is 1. The fraction of sp³-hybridized carbons (Fsp3) is 0.562. The number of carbonyl (C=O) groups excluding carboxylic acids is 1. The van der Waals surface area contributed by atoms with E-state index in [0.29, 0.717) is 12.4 Å². The van der Waals surface area contributed by atoms with Gasteiger partial charge in [0.25, 0.3) is 0 Å². The molecule has 25 heavy (non-hydrogen) atoms. The standard InChI is InChI=1S/C16H25N3O4S.ClH/c1-2-23-14-3-5-15(6-4-14)24(21,22)18-12-9-16(20)19-13-7-10-17-11-8-13;/h3-6,13,17-18H,2,7-12H2,1H3,(H,19,20);1H. The van der Waals surface area contributed by atoms with Gasteiger partial charge in [0.2, 0.25) is 15.9 Å². The van der Waals surface area contributed by atoms with Crippen LogP contribution in [-0.2, 0) is 14.8 Å². The van der Waals surface area contributed by atoms with Crippen LogP contribution < -0.4 is 20.1 Å². The van der Waals surface area contributed by atoms with Crippen LogP contribution in [0, 0.1) is 0 Å². The minimum atomic E-state index is -3.62. The number of halogens is 1. The number of ether oxygens (including phenoxy) is 1. The maximum Gasteiger partial charge on any atom is 0.240 e. The summed E-state index contributed by atoms with van der Waals surface area (Å²) in [5.41, 5.74) is 0. The maximum atomic E-state index is 12.2. The lowest BCUT2D eigenvalue weighted by molar-refractivity contribution is -0.121. The number of hydrogen-bond donors (Lipinski definition) is 3. The lowest BCUT2D eigenvalue weighted by Gasteiger charge is -2.23. The third-order valence-corrected chi connectivity index (χ3v) is 5.27. The molecule has 142 valence electrons. The van der Waals surface area contributed by atoms with Gasteiger partial charge < -0.3 is 15.4 Å².